The summed E-state index contributed by atoms with van der Waals surface area (Å²) in [5, 5.41) is 11.0. The molecule has 0 fully saturated rings. The molecule has 3 aromatic rings. The van der Waals surface area contributed by atoms with Crippen molar-refractivity contribution in [1.29, 1.82) is 0 Å². The number of anilines is 1. The zero-order valence-electron chi connectivity index (χ0n) is 12.9. The van der Waals surface area contributed by atoms with Crippen LogP contribution in [0, 0.1) is 17.0 Å². The van der Waals surface area contributed by atoms with Gasteiger partial charge in [0.15, 0.2) is 0 Å². The van der Waals surface area contributed by atoms with Crippen molar-refractivity contribution in [1.82, 2.24) is 4.98 Å². The smallest absolute Gasteiger partial charge is 0.272 e. The molecule has 0 aliphatic carbocycles. The van der Waals surface area contributed by atoms with E-state index >= 15 is 0 Å². The van der Waals surface area contributed by atoms with Gasteiger partial charge in [-0.2, -0.15) is 0 Å². The lowest BCUT2D eigenvalue weighted by Gasteiger charge is -2.09. The first kappa shape index (κ1) is 15.5. The number of aromatic nitrogens is 1. The summed E-state index contributed by atoms with van der Waals surface area (Å²) in [5.41, 5.74) is 9.01. The molecule has 3 rings (SSSR count). The van der Waals surface area contributed by atoms with E-state index in [0.29, 0.717) is 16.8 Å². The summed E-state index contributed by atoms with van der Waals surface area (Å²) in [7, 11) is 0. The van der Waals surface area contributed by atoms with E-state index in [-0.39, 0.29) is 11.4 Å². The fourth-order valence-electron chi connectivity index (χ4n) is 2.48. The largest absolute Gasteiger partial charge is 0.394 e. The van der Waals surface area contributed by atoms with E-state index in [4.69, 9.17) is 5.73 Å². The minimum atomic E-state index is -0.478. The lowest BCUT2D eigenvalue weighted by Crippen LogP contribution is -2.13. The molecular weight excluding hydrogens is 306 g/mol. The minimum absolute atomic E-state index is 0.0337. The van der Waals surface area contributed by atoms with Crippen LogP contribution < -0.4 is 11.3 Å². The molecule has 0 spiro atoms. The molecule has 2 aromatic carbocycles. The number of non-ortho nitro benzene ring substituents is 1. The summed E-state index contributed by atoms with van der Waals surface area (Å²) >= 11 is 0. The highest BCUT2D eigenvalue weighted by Gasteiger charge is 2.13. The van der Waals surface area contributed by atoms with Crippen LogP contribution in [0.2, 0.25) is 0 Å². The highest BCUT2D eigenvalue weighted by Crippen LogP contribution is 2.29. The van der Waals surface area contributed by atoms with Gasteiger partial charge in [0.05, 0.1) is 4.92 Å². The van der Waals surface area contributed by atoms with Gasteiger partial charge in [-0.05, 0) is 24.1 Å². The number of hydrogen-bond acceptors (Lipinski definition) is 4. The molecule has 0 aliphatic heterocycles. The minimum Gasteiger partial charge on any atom is -0.394 e. The molecule has 1 aromatic heterocycles. The SMILES string of the molecule is Cc1ccc(-c2cc(-c3cccc([N+](=O)[O-])c3)c(N)c(=O)[nH]2)cc1. The average molecular weight is 321 g/mol. The van der Waals surface area contributed by atoms with Crippen molar-refractivity contribution < 1.29 is 4.92 Å². The number of hydrogen-bond donors (Lipinski definition) is 2. The Morgan fingerprint density at radius 3 is 2.42 bits per heavy atom. The maximum absolute atomic E-state index is 12.2. The van der Waals surface area contributed by atoms with E-state index < -0.39 is 10.5 Å². The normalized spacial score (nSPS) is 10.5. The van der Waals surface area contributed by atoms with Crippen molar-refractivity contribution in [3.63, 3.8) is 0 Å². The number of H-pyrrole nitrogens is 1. The van der Waals surface area contributed by atoms with E-state index in [1.165, 1.54) is 12.1 Å². The molecule has 0 amide bonds. The van der Waals surface area contributed by atoms with E-state index in [2.05, 4.69) is 4.98 Å². The average Bonchev–Trinajstić information content (AvgIpc) is 2.58. The Bertz CT molecular complexity index is 976. The topological polar surface area (TPSA) is 102 Å². The molecule has 0 atom stereocenters. The second-order valence-corrected chi connectivity index (χ2v) is 5.51. The maximum Gasteiger partial charge on any atom is 0.272 e. The highest BCUT2D eigenvalue weighted by molar-refractivity contribution is 5.80. The number of rotatable bonds is 3. The van der Waals surface area contributed by atoms with Gasteiger partial charge >= 0.3 is 0 Å². The number of benzene rings is 2. The van der Waals surface area contributed by atoms with Crippen molar-refractivity contribution in [2.45, 2.75) is 6.92 Å². The number of nitrogens with one attached hydrogen (secondary N) is 1. The van der Waals surface area contributed by atoms with Gasteiger partial charge in [0.1, 0.15) is 5.69 Å². The number of pyridine rings is 1. The number of nitrogens with two attached hydrogens (primary N) is 1. The molecular formula is C18H15N3O3. The Balaban J connectivity index is 2.18. The van der Waals surface area contributed by atoms with Crippen molar-refractivity contribution in [2.24, 2.45) is 0 Å². The van der Waals surface area contributed by atoms with Gasteiger partial charge in [-0.25, -0.2) is 0 Å². The quantitative estimate of drug-likeness (QED) is 0.569. The zero-order valence-corrected chi connectivity index (χ0v) is 12.9. The molecule has 0 radical (unpaired) electrons. The predicted molar refractivity (Wildman–Crippen MR) is 93.7 cm³/mol. The lowest BCUT2D eigenvalue weighted by atomic mass is 10.0. The van der Waals surface area contributed by atoms with Crippen LogP contribution >= 0.6 is 0 Å². The summed E-state index contributed by atoms with van der Waals surface area (Å²) in [4.78, 5) is 25.4. The van der Waals surface area contributed by atoms with Crippen molar-refractivity contribution >= 4 is 11.4 Å². The van der Waals surface area contributed by atoms with E-state index in [9.17, 15) is 14.9 Å². The van der Waals surface area contributed by atoms with E-state index in [0.717, 1.165) is 11.1 Å². The number of nitrogens with zero attached hydrogens (tertiary/aromatic N) is 1. The molecule has 0 aliphatic rings. The van der Waals surface area contributed by atoms with Crippen molar-refractivity contribution in [3.05, 3.63) is 80.6 Å². The van der Waals surface area contributed by atoms with Gasteiger partial charge in [-0.3, -0.25) is 14.9 Å². The molecule has 3 N–H and O–H groups in total. The molecule has 6 nitrogen and oxygen atoms in total. The highest BCUT2D eigenvalue weighted by atomic mass is 16.6. The van der Waals surface area contributed by atoms with Crippen LogP contribution in [-0.4, -0.2) is 9.91 Å². The number of aromatic amines is 1. The second kappa shape index (κ2) is 6.00. The summed E-state index contributed by atoms with van der Waals surface area (Å²) in [6, 6.07) is 15.5. The second-order valence-electron chi connectivity index (χ2n) is 5.51. The Hall–Kier alpha value is -3.41. The van der Waals surface area contributed by atoms with Crippen LogP contribution in [0.1, 0.15) is 5.56 Å². The first-order valence-corrected chi connectivity index (χ1v) is 7.30. The molecule has 6 heteroatoms. The van der Waals surface area contributed by atoms with Crippen molar-refractivity contribution in [3.8, 4) is 22.4 Å². The number of aryl methyl sites for hydroxylation is 1. The van der Waals surface area contributed by atoms with Crippen LogP contribution in [0.15, 0.2) is 59.4 Å². The molecule has 1 heterocycles. The van der Waals surface area contributed by atoms with Gasteiger partial charge in [-0.1, -0.05) is 42.0 Å². The lowest BCUT2D eigenvalue weighted by molar-refractivity contribution is -0.384. The third kappa shape index (κ3) is 2.89. The van der Waals surface area contributed by atoms with E-state index in [1.807, 2.05) is 31.2 Å². The summed E-state index contributed by atoms with van der Waals surface area (Å²) < 4.78 is 0. The first-order valence-electron chi connectivity index (χ1n) is 7.30. The van der Waals surface area contributed by atoms with Crippen LogP contribution in [0.3, 0.4) is 0 Å². The van der Waals surface area contributed by atoms with Crippen LogP contribution in [-0.2, 0) is 0 Å². The Morgan fingerprint density at radius 1 is 1.04 bits per heavy atom. The Labute approximate surface area is 137 Å². The third-order valence-electron chi connectivity index (χ3n) is 3.80. The molecule has 120 valence electrons. The maximum atomic E-state index is 12.2. The zero-order chi connectivity index (χ0) is 17.3. The van der Waals surface area contributed by atoms with Gasteiger partial charge in [0.2, 0.25) is 0 Å². The Kier molecular flexibility index (Phi) is 3.87. The molecule has 24 heavy (non-hydrogen) atoms. The standard InChI is InChI=1S/C18H15N3O3/c1-11-5-7-12(8-6-11)16-10-15(17(19)18(22)20-16)13-3-2-4-14(9-13)21(23)24/h2-10H,19H2,1H3,(H,20,22). The van der Waals surface area contributed by atoms with Crippen LogP contribution in [0.5, 0.6) is 0 Å². The first-order chi connectivity index (χ1) is 11.5. The number of nitro benzene ring substituents is 1. The molecule has 0 saturated carbocycles. The van der Waals surface area contributed by atoms with Crippen molar-refractivity contribution in [2.75, 3.05) is 5.73 Å². The van der Waals surface area contributed by atoms with Gasteiger partial charge in [0.25, 0.3) is 11.2 Å². The third-order valence-corrected chi connectivity index (χ3v) is 3.80. The molecule has 0 saturated heterocycles. The van der Waals surface area contributed by atoms with Crippen LogP contribution in [0.25, 0.3) is 22.4 Å². The number of nitro groups is 1. The summed E-state index contributed by atoms with van der Waals surface area (Å²) in [5.74, 6) is 0. The molecule has 0 bridgehead atoms. The molecule has 0 unspecified atom stereocenters. The van der Waals surface area contributed by atoms with Crippen LogP contribution in [0.4, 0.5) is 11.4 Å². The van der Waals surface area contributed by atoms with Gasteiger partial charge in [0, 0.05) is 23.4 Å². The van der Waals surface area contributed by atoms with E-state index in [1.54, 1.807) is 18.2 Å². The van der Waals surface area contributed by atoms with Gasteiger partial charge < -0.3 is 10.7 Å². The Morgan fingerprint density at radius 2 is 1.75 bits per heavy atom. The summed E-state index contributed by atoms with van der Waals surface area (Å²) in [6.07, 6.45) is 0. The fraction of sp³-hybridized carbons (Fsp3) is 0.0556. The van der Waals surface area contributed by atoms with Gasteiger partial charge in [-0.15, -0.1) is 0 Å². The fourth-order valence-corrected chi connectivity index (χ4v) is 2.48. The number of nitrogen functional groups attached to an aromatic ring is 1. The monoisotopic (exact) mass is 321 g/mol. The summed E-state index contributed by atoms with van der Waals surface area (Å²) in [6.45, 7) is 1.98. The predicted octanol–water partition coefficient (Wildman–Crippen LogP) is 3.51.